The Morgan fingerprint density at radius 1 is 1.23 bits per heavy atom. The molecule has 1 amide bonds. The van der Waals surface area contributed by atoms with Crippen LogP contribution in [0.3, 0.4) is 0 Å². The lowest BCUT2D eigenvalue weighted by molar-refractivity contribution is -0.135. The number of anilines is 2. The molecule has 2 N–H and O–H groups in total. The quantitative estimate of drug-likeness (QED) is 0.456. The first-order valence-electron chi connectivity index (χ1n) is 11.5. The highest BCUT2D eigenvalue weighted by Crippen LogP contribution is 2.30. The molecule has 0 saturated heterocycles. The van der Waals surface area contributed by atoms with Crippen molar-refractivity contribution in [3.8, 4) is 11.3 Å². The summed E-state index contributed by atoms with van der Waals surface area (Å²) in [5, 5.41) is 17.7. The van der Waals surface area contributed by atoms with E-state index in [0.29, 0.717) is 30.9 Å². The normalized spacial score (nSPS) is 13.4. The number of benzene rings is 1. The number of aliphatic hydroxyl groups excluding tert-OH is 1. The molecule has 0 aliphatic carbocycles. The van der Waals surface area contributed by atoms with Gasteiger partial charge in [-0.25, -0.2) is 19.3 Å². The van der Waals surface area contributed by atoms with Crippen molar-refractivity contribution in [2.24, 2.45) is 7.05 Å². The number of rotatable bonds is 5. The fourth-order valence-electron chi connectivity index (χ4n) is 4.59. The highest BCUT2D eigenvalue weighted by atomic mass is 19.1. The van der Waals surface area contributed by atoms with E-state index >= 15 is 0 Å². The van der Waals surface area contributed by atoms with Crippen molar-refractivity contribution in [1.82, 2.24) is 29.6 Å². The Morgan fingerprint density at radius 3 is 2.83 bits per heavy atom. The molecule has 35 heavy (non-hydrogen) atoms. The molecule has 0 unspecified atom stereocenters. The van der Waals surface area contributed by atoms with Crippen LogP contribution < -0.4 is 5.32 Å². The molecule has 0 atom stereocenters. The lowest BCUT2D eigenvalue weighted by Crippen LogP contribution is -2.37. The maximum atomic E-state index is 14.8. The van der Waals surface area contributed by atoms with Gasteiger partial charge in [-0.2, -0.15) is 5.10 Å². The minimum Gasteiger partial charge on any atom is -0.387 e. The van der Waals surface area contributed by atoms with Crippen LogP contribution in [0.2, 0.25) is 0 Å². The zero-order valence-corrected chi connectivity index (χ0v) is 19.8. The number of hydrogen-bond acceptors (Lipinski definition) is 7. The SMILES string of the molecule is CC(C)c1c2cc(-c3nc(Nc4ccc5c(n4)CCN(C(=O)CO)C5)ncc3F)ccc2nn1C. The summed E-state index contributed by atoms with van der Waals surface area (Å²) >= 11 is 0. The van der Waals surface area contributed by atoms with Gasteiger partial charge in [0.05, 0.1) is 11.7 Å². The molecular weight excluding hydrogens is 449 g/mol. The average Bonchev–Trinajstić information content (AvgIpc) is 3.19. The van der Waals surface area contributed by atoms with E-state index in [1.807, 2.05) is 36.0 Å². The van der Waals surface area contributed by atoms with Gasteiger partial charge in [0.25, 0.3) is 0 Å². The van der Waals surface area contributed by atoms with E-state index in [4.69, 9.17) is 5.11 Å². The Bertz CT molecular complexity index is 1430. The Balaban J connectivity index is 1.43. The summed E-state index contributed by atoms with van der Waals surface area (Å²) in [6.07, 6.45) is 1.73. The minimum absolute atomic E-state index is 0.194. The van der Waals surface area contributed by atoms with Crippen LogP contribution in [0.15, 0.2) is 36.5 Å². The molecule has 0 spiro atoms. The van der Waals surface area contributed by atoms with E-state index in [9.17, 15) is 9.18 Å². The maximum absolute atomic E-state index is 14.8. The topological polar surface area (TPSA) is 109 Å². The van der Waals surface area contributed by atoms with Gasteiger partial charge in [0.15, 0.2) is 5.82 Å². The van der Waals surface area contributed by atoms with Crippen LogP contribution in [-0.4, -0.2) is 53.8 Å². The van der Waals surface area contributed by atoms with Crippen molar-refractivity contribution in [1.29, 1.82) is 0 Å². The number of hydrogen-bond donors (Lipinski definition) is 2. The molecule has 4 aromatic rings. The molecule has 9 nitrogen and oxygen atoms in total. The summed E-state index contributed by atoms with van der Waals surface area (Å²) in [4.78, 5) is 26.6. The van der Waals surface area contributed by atoms with Crippen molar-refractivity contribution in [2.75, 3.05) is 18.5 Å². The first-order chi connectivity index (χ1) is 16.8. The molecule has 0 radical (unpaired) electrons. The predicted octanol–water partition coefficient (Wildman–Crippen LogP) is 3.31. The number of fused-ring (bicyclic) bond motifs is 2. The molecule has 0 saturated carbocycles. The standard InChI is InChI=1S/C25H26FN7O2/c1-14(2)24-17-10-15(4-6-20(17)31-32(24)3)23-18(26)11-27-25(30-23)29-21-7-5-16-12-33(22(35)13-34)9-8-19(16)28-21/h4-7,10-11,14,34H,8-9,12-13H2,1-3H3,(H,27,28,29,30). The largest absolute Gasteiger partial charge is 0.387 e. The molecule has 0 fully saturated rings. The van der Waals surface area contributed by atoms with Gasteiger partial charge in [0.1, 0.15) is 18.1 Å². The molecular formula is C25H26FN7O2. The zero-order chi connectivity index (χ0) is 24.7. The van der Waals surface area contributed by atoms with Crippen LogP contribution in [0.25, 0.3) is 22.2 Å². The van der Waals surface area contributed by atoms with E-state index in [0.717, 1.165) is 34.1 Å². The molecule has 1 aliphatic rings. The van der Waals surface area contributed by atoms with E-state index in [-0.39, 0.29) is 23.5 Å². The van der Waals surface area contributed by atoms with E-state index < -0.39 is 12.4 Å². The number of aromatic nitrogens is 5. The molecule has 180 valence electrons. The predicted molar refractivity (Wildman–Crippen MR) is 130 cm³/mol. The van der Waals surface area contributed by atoms with Gasteiger partial charge in [-0.3, -0.25) is 9.48 Å². The number of carbonyl (C=O) groups is 1. The third-order valence-electron chi connectivity index (χ3n) is 6.22. The number of aryl methyl sites for hydroxylation is 1. The lowest BCUT2D eigenvalue weighted by Gasteiger charge is -2.28. The van der Waals surface area contributed by atoms with Gasteiger partial charge < -0.3 is 15.3 Å². The van der Waals surface area contributed by atoms with Gasteiger partial charge in [0, 0.05) is 48.9 Å². The average molecular weight is 476 g/mol. The minimum atomic E-state index is -0.517. The molecule has 1 aromatic carbocycles. The molecule has 10 heteroatoms. The van der Waals surface area contributed by atoms with Crippen LogP contribution in [0.4, 0.5) is 16.2 Å². The number of pyridine rings is 1. The number of amides is 1. The number of nitrogens with one attached hydrogen (secondary N) is 1. The highest BCUT2D eigenvalue weighted by Gasteiger charge is 2.21. The van der Waals surface area contributed by atoms with Crippen molar-refractivity contribution in [2.45, 2.75) is 32.7 Å². The zero-order valence-electron chi connectivity index (χ0n) is 19.8. The van der Waals surface area contributed by atoms with Gasteiger partial charge in [-0.05, 0) is 29.7 Å². The second-order valence-corrected chi connectivity index (χ2v) is 8.94. The fraction of sp³-hybridized carbons (Fsp3) is 0.320. The van der Waals surface area contributed by atoms with Crippen LogP contribution in [0.5, 0.6) is 0 Å². The van der Waals surface area contributed by atoms with Gasteiger partial charge in [-0.15, -0.1) is 0 Å². The van der Waals surface area contributed by atoms with Crippen molar-refractivity contribution in [3.05, 3.63) is 59.3 Å². The smallest absolute Gasteiger partial charge is 0.248 e. The van der Waals surface area contributed by atoms with Crippen molar-refractivity contribution >= 4 is 28.6 Å². The number of carbonyl (C=O) groups excluding carboxylic acids is 1. The Labute approximate surface area is 201 Å². The van der Waals surface area contributed by atoms with Crippen LogP contribution >= 0.6 is 0 Å². The third kappa shape index (κ3) is 4.32. The number of halogens is 1. The summed E-state index contributed by atoms with van der Waals surface area (Å²) < 4.78 is 16.6. The van der Waals surface area contributed by atoms with Gasteiger partial charge in [-0.1, -0.05) is 26.0 Å². The molecule has 3 aromatic heterocycles. The van der Waals surface area contributed by atoms with Gasteiger partial charge >= 0.3 is 0 Å². The molecule has 4 heterocycles. The van der Waals surface area contributed by atoms with Crippen LogP contribution in [0.1, 0.15) is 36.7 Å². The van der Waals surface area contributed by atoms with Crippen molar-refractivity contribution in [3.63, 3.8) is 0 Å². The number of aliphatic hydroxyl groups is 1. The Morgan fingerprint density at radius 2 is 2.06 bits per heavy atom. The van der Waals surface area contributed by atoms with E-state index in [2.05, 4.69) is 39.2 Å². The van der Waals surface area contributed by atoms with Crippen LogP contribution in [-0.2, 0) is 24.8 Å². The van der Waals surface area contributed by atoms with Gasteiger partial charge in [0.2, 0.25) is 11.9 Å². The molecule has 0 bridgehead atoms. The Kier molecular flexibility index (Phi) is 5.89. The summed E-state index contributed by atoms with van der Waals surface area (Å²) in [5.74, 6) is 0.216. The maximum Gasteiger partial charge on any atom is 0.248 e. The molecule has 5 rings (SSSR count). The second-order valence-electron chi connectivity index (χ2n) is 8.94. The second kappa shape index (κ2) is 9.03. The van der Waals surface area contributed by atoms with Crippen LogP contribution in [0, 0.1) is 5.82 Å². The highest BCUT2D eigenvalue weighted by molar-refractivity contribution is 5.87. The lowest BCUT2D eigenvalue weighted by atomic mass is 10.0. The third-order valence-corrected chi connectivity index (χ3v) is 6.22. The monoisotopic (exact) mass is 475 g/mol. The van der Waals surface area contributed by atoms with E-state index in [1.165, 1.54) is 0 Å². The summed E-state index contributed by atoms with van der Waals surface area (Å²) in [5.41, 5.74) is 4.55. The summed E-state index contributed by atoms with van der Waals surface area (Å²) in [6.45, 7) is 4.61. The fourth-order valence-corrected chi connectivity index (χ4v) is 4.59. The first kappa shape index (κ1) is 22.9. The molecule has 1 aliphatic heterocycles. The summed E-state index contributed by atoms with van der Waals surface area (Å²) in [7, 11) is 1.91. The number of nitrogens with zero attached hydrogens (tertiary/aromatic N) is 6. The Hall–Kier alpha value is -3.92. The first-order valence-corrected chi connectivity index (χ1v) is 11.5. The van der Waals surface area contributed by atoms with E-state index in [1.54, 1.807) is 11.0 Å². The van der Waals surface area contributed by atoms with Crippen molar-refractivity contribution < 1.29 is 14.3 Å². The summed E-state index contributed by atoms with van der Waals surface area (Å²) in [6, 6.07) is 9.26.